The zero-order chi connectivity index (χ0) is 24.2. The zero-order valence-electron chi connectivity index (χ0n) is 19.1. The van der Waals surface area contributed by atoms with Crippen molar-refractivity contribution >= 4 is 45.5 Å². The van der Waals surface area contributed by atoms with Crippen molar-refractivity contribution in [3.05, 3.63) is 70.6 Å². The first-order valence-corrected chi connectivity index (χ1v) is 12.1. The lowest BCUT2D eigenvalue weighted by molar-refractivity contribution is -0.115. The van der Waals surface area contributed by atoms with E-state index in [1.54, 1.807) is 32.7 Å². The summed E-state index contributed by atoms with van der Waals surface area (Å²) in [5.41, 5.74) is 2.15. The van der Waals surface area contributed by atoms with E-state index < -0.39 is 5.25 Å². The van der Waals surface area contributed by atoms with Gasteiger partial charge < -0.3 is 15.4 Å². The Hall–Kier alpha value is -3.57. The molecule has 1 amide bonds. The molecule has 4 rings (SSSR count). The maximum Gasteiger partial charge on any atom is 0.295 e. The van der Waals surface area contributed by atoms with Gasteiger partial charge in [0.05, 0.1) is 29.4 Å². The highest BCUT2D eigenvalue weighted by Gasteiger charge is 2.22. The molecule has 2 heterocycles. The Morgan fingerprint density at radius 2 is 1.82 bits per heavy atom. The summed E-state index contributed by atoms with van der Waals surface area (Å²) in [6, 6.07) is 16.8. The van der Waals surface area contributed by atoms with E-state index in [0.717, 1.165) is 11.4 Å². The van der Waals surface area contributed by atoms with Crippen LogP contribution in [0.4, 0.5) is 16.5 Å². The molecule has 4 aromatic rings. The highest BCUT2D eigenvalue weighted by Crippen LogP contribution is 2.33. The summed E-state index contributed by atoms with van der Waals surface area (Å²) < 4.78 is 9.23. The molecule has 2 N–H and O–H groups in total. The number of hydrogen-bond acceptors (Lipinski definition) is 8. The number of ether oxygens (including phenoxy) is 1. The number of hydrogen-bond donors (Lipinski definition) is 2. The van der Waals surface area contributed by atoms with Gasteiger partial charge in [-0.2, -0.15) is 0 Å². The van der Waals surface area contributed by atoms with Crippen molar-refractivity contribution in [3.63, 3.8) is 0 Å². The van der Waals surface area contributed by atoms with Gasteiger partial charge in [-0.3, -0.25) is 14.3 Å². The van der Waals surface area contributed by atoms with Crippen molar-refractivity contribution in [1.82, 2.24) is 19.6 Å². The highest BCUT2D eigenvalue weighted by molar-refractivity contribution is 8.02. The molecule has 34 heavy (non-hydrogen) atoms. The lowest BCUT2D eigenvalue weighted by Gasteiger charge is -2.09. The maximum atomic E-state index is 13.0. The normalized spacial score (nSPS) is 11.8. The Bertz CT molecular complexity index is 1360. The molecule has 0 saturated heterocycles. The van der Waals surface area contributed by atoms with Crippen molar-refractivity contribution in [1.29, 1.82) is 0 Å². The first-order valence-electron chi connectivity index (χ1n) is 10.4. The first-order chi connectivity index (χ1) is 16.4. The molecular weight excluding hydrogens is 472 g/mol. The molecule has 0 aliphatic carbocycles. The van der Waals surface area contributed by atoms with Gasteiger partial charge in [0.1, 0.15) is 11.4 Å². The van der Waals surface area contributed by atoms with Crippen LogP contribution in [0.3, 0.4) is 0 Å². The summed E-state index contributed by atoms with van der Waals surface area (Å²) in [4.78, 5) is 25.9. The minimum Gasteiger partial charge on any atom is -0.495 e. The Labute approximate surface area is 204 Å². The second-order valence-corrected chi connectivity index (χ2v) is 9.95. The lowest BCUT2D eigenvalue weighted by Crippen LogP contribution is -2.27. The van der Waals surface area contributed by atoms with Gasteiger partial charge in [-0.05, 0) is 38.1 Å². The molecule has 0 aliphatic heterocycles. The summed E-state index contributed by atoms with van der Waals surface area (Å²) >= 11 is 2.61. The smallest absolute Gasteiger partial charge is 0.295 e. The number of nitrogens with one attached hydrogen (secondary N) is 2. The van der Waals surface area contributed by atoms with Crippen molar-refractivity contribution in [3.8, 4) is 11.4 Å². The van der Waals surface area contributed by atoms with Crippen LogP contribution in [0.2, 0.25) is 0 Å². The van der Waals surface area contributed by atoms with Crippen molar-refractivity contribution in [2.45, 2.75) is 23.4 Å². The van der Waals surface area contributed by atoms with Crippen molar-refractivity contribution < 1.29 is 9.53 Å². The highest BCUT2D eigenvalue weighted by atomic mass is 32.2. The molecule has 2 aromatic carbocycles. The van der Waals surface area contributed by atoms with Crippen LogP contribution in [0, 0.1) is 6.92 Å². The standard InChI is InChI=1S/C23H24N6O3S2/c1-14-19(21(31)29(28(14)3)16-10-6-5-7-11-16)25-20(30)15(2)33-23-27-26-22(34-23)24-17-12-8-9-13-18(17)32-4/h5-13,15H,1-4H3,(H,24,26)(H,25,30)/t15-/m0/s1. The SMILES string of the molecule is COc1ccccc1Nc1nnc(S[C@@H](C)C(=O)Nc2c(C)n(C)n(-c3ccccc3)c2=O)s1. The zero-order valence-corrected chi connectivity index (χ0v) is 20.7. The molecule has 0 fully saturated rings. The molecule has 11 heteroatoms. The minimum atomic E-state index is -0.490. The predicted molar refractivity (Wildman–Crippen MR) is 136 cm³/mol. The number of rotatable bonds is 8. The molecule has 0 aliphatic rings. The van der Waals surface area contributed by atoms with Gasteiger partial charge in [0.25, 0.3) is 5.56 Å². The second-order valence-electron chi connectivity index (χ2n) is 7.38. The number of methoxy groups -OCH3 is 1. The number of amides is 1. The van der Waals surface area contributed by atoms with Gasteiger partial charge in [-0.15, -0.1) is 10.2 Å². The van der Waals surface area contributed by atoms with Gasteiger partial charge in [0.2, 0.25) is 11.0 Å². The fraction of sp³-hybridized carbons (Fsp3) is 0.217. The fourth-order valence-electron chi connectivity index (χ4n) is 3.31. The summed E-state index contributed by atoms with van der Waals surface area (Å²) in [6.07, 6.45) is 0. The van der Waals surface area contributed by atoms with Crippen LogP contribution in [0.25, 0.3) is 5.69 Å². The number of aromatic nitrogens is 4. The van der Waals surface area contributed by atoms with Gasteiger partial charge >= 0.3 is 0 Å². The topological polar surface area (TPSA) is 103 Å². The Morgan fingerprint density at radius 3 is 2.56 bits per heavy atom. The quantitative estimate of drug-likeness (QED) is 0.352. The molecule has 2 aromatic heterocycles. The fourth-order valence-corrected chi connectivity index (χ4v) is 5.22. The third-order valence-corrected chi connectivity index (χ3v) is 7.23. The third-order valence-electron chi connectivity index (χ3n) is 5.20. The number of carbonyl (C=O) groups is 1. The molecule has 9 nitrogen and oxygen atoms in total. The van der Waals surface area contributed by atoms with Crippen molar-refractivity contribution in [2.75, 3.05) is 17.7 Å². The number of carbonyl (C=O) groups excluding carboxylic acids is 1. The molecule has 1 atom stereocenters. The van der Waals surface area contributed by atoms with Gasteiger partial charge in [0.15, 0.2) is 4.34 Å². The average Bonchev–Trinajstić information content (AvgIpc) is 3.37. The summed E-state index contributed by atoms with van der Waals surface area (Å²) in [5, 5.41) is 14.4. The van der Waals surface area contributed by atoms with Crippen LogP contribution in [-0.2, 0) is 11.8 Å². The number of para-hydroxylation sites is 3. The van der Waals surface area contributed by atoms with Crippen LogP contribution in [-0.4, -0.2) is 37.8 Å². The van der Waals surface area contributed by atoms with E-state index in [2.05, 4.69) is 20.8 Å². The maximum absolute atomic E-state index is 13.0. The second kappa shape index (κ2) is 10.1. The van der Waals surface area contributed by atoms with E-state index in [9.17, 15) is 9.59 Å². The van der Waals surface area contributed by atoms with Crippen LogP contribution >= 0.6 is 23.1 Å². The average molecular weight is 497 g/mol. The summed E-state index contributed by atoms with van der Waals surface area (Å²) in [5.74, 6) is 0.407. The monoisotopic (exact) mass is 496 g/mol. The number of thioether (sulfide) groups is 1. The van der Waals surface area contributed by atoms with E-state index in [1.807, 2.05) is 54.6 Å². The van der Waals surface area contributed by atoms with E-state index in [4.69, 9.17) is 4.74 Å². The Morgan fingerprint density at radius 1 is 1.12 bits per heavy atom. The van der Waals surface area contributed by atoms with E-state index >= 15 is 0 Å². The summed E-state index contributed by atoms with van der Waals surface area (Å²) in [7, 11) is 3.39. The largest absolute Gasteiger partial charge is 0.495 e. The van der Waals surface area contributed by atoms with E-state index in [1.165, 1.54) is 27.8 Å². The molecule has 176 valence electrons. The van der Waals surface area contributed by atoms with Crippen molar-refractivity contribution in [2.24, 2.45) is 7.05 Å². The molecule has 0 bridgehead atoms. The predicted octanol–water partition coefficient (Wildman–Crippen LogP) is 4.21. The number of nitrogens with zero attached hydrogens (tertiary/aromatic N) is 4. The number of anilines is 3. The molecule has 0 spiro atoms. The third kappa shape index (κ3) is 4.85. The van der Waals surface area contributed by atoms with E-state index in [-0.39, 0.29) is 17.2 Å². The van der Waals surface area contributed by atoms with E-state index in [0.29, 0.717) is 20.9 Å². The van der Waals surface area contributed by atoms with Gasteiger partial charge in [0, 0.05) is 7.05 Å². The van der Waals surface area contributed by atoms with Crippen LogP contribution < -0.4 is 20.9 Å². The molecule has 0 saturated carbocycles. The number of benzene rings is 2. The minimum absolute atomic E-state index is 0.264. The molecule has 0 unspecified atom stereocenters. The van der Waals surface area contributed by atoms with Crippen LogP contribution in [0.5, 0.6) is 5.75 Å². The van der Waals surface area contributed by atoms with Gasteiger partial charge in [-0.25, -0.2) is 4.68 Å². The lowest BCUT2D eigenvalue weighted by atomic mass is 10.3. The Balaban J connectivity index is 1.45. The molecule has 0 radical (unpaired) electrons. The Kier molecular flexibility index (Phi) is 7.03. The molecular formula is C23H24N6O3S2. The van der Waals surface area contributed by atoms with Crippen LogP contribution in [0.15, 0.2) is 63.7 Å². The van der Waals surface area contributed by atoms with Gasteiger partial charge in [-0.1, -0.05) is 53.4 Å². The van der Waals surface area contributed by atoms with Crippen LogP contribution in [0.1, 0.15) is 12.6 Å². The first kappa shape index (κ1) is 23.6. The summed E-state index contributed by atoms with van der Waals surface area (Å²) in [6.45, 7) is 3.57.